The first kappa shape index (κ1) is 39.3. The predicted octanol–water partition coefficient (Wildman–Crippen LogP) is 2.10. The van der Waals surface area contributed by atoms with Crippen LogP contribution in [0.2, 0.25) is 0 Å². The van der Waals surface area contributed by atoms with Gasteiger partial charge in [0.15, 0.2) is 0 Å². The summed E-state index contributed by atoms with van der Waals surface area (Å²) >= 11 is 0. The van der Waals surface area contributed by atoms with Gasteiger partial charge < -0.3 is 15.3 Å². The second kappa shape index (κ2) is 26.8. The molecule has 4 N–H and O–H groups in total. The van der Waals surface area contributed by atoms with E-state index in [2.05, 4.69) is 6.92 Å². The van der Waals surface area contributed by atoms with Crippen molar-refractivity contribution in [2.45, 2.75) is 82.4 Å². The average molecular weight is 526 g/mol. The van der Waals surface area contributed by atoms with Gasteiger partial charge in [0, 0.05) is 19.6 Å². The number of unbranched alkanes of at least 4 members (excludes halogenated alkanes) is 9. The van der Waals surface area contributed by atoms with Gasteiger partial charge in [-0.15, -0.1) is 0 Å². The summed E-state index contributed by atoms with van der Waals surface area (Å²) in [5, 5.41) is 25.5. The second-order valence-electron chi connectivity index (χ2n) is 8.03. The van der Waals surface area contributed by atoms with Crippen molar-refractivity contribution in [3.63, 3.8) is 0 Å². The Balaban J connectivity index is -0.000000685. The number of hydrogen-bond donors (Lipinski definition) is 4. The van der Waals surface area contributed by atoms with Gasteiger partial charge in [-0.2, -0.15) is 8.42 Å². The first-order valence-corrected chi connectivity index (χ1v) is 13.4. The van der Waals surface area contributed by atoms with Crippen LogP contribution in [0.1, 0.15) is 76.7 Å². The Morgan fingerprint density at radius 3 is 1.56 bits per heavy atom. The van der Waals surface area contributed by atoms with E-state index in [4.69, 9.17) is 15.3 Å². The molecule has 1 rings (SSSR count). The van der Waals surface area contributed by atoms with E-state index in [1.54, 1.807) is 17.0 Å². The Kier molecular flexibility index (Phi) is 30.9. The van der Waals surface area contributed by atoms with E-state index < -0.39 is 10.1 Å². The Labute approximate surface area is 245 Å². The summed E-state index contributed by atoms with van der Waals surface area (Å²) in [6, 6.07) is 6.73. The van der Waals surface area contributed by atoms with Gasteiger partial charge >= 0.3 is 52.6 Å². The topological polar surface area (TPSA) is 118 Å². The van der Waals surface area contributed by atoms with Gasteiger partial charge in [0.2, 0.25) is 0 Å². The van der Waals surface area contributed by atoms with Crippen LogP contribution in [0.25, 0.3) is 0 Å². The zero-order chi connectivity index (χ0) is 24.1. The molecule has 0 unspecified atom stereocenters. The Morgan fingerprint density at radius 1 is 0.735 bits per heavy atom. The fourth-order valence-electron chi connectivity index (χ4n) is 3.52. The van der Waals surface area contributed by atoms with Crippen molar-refractivity contribution in [2.24, 2.45) is 0 Å². The van der Waals surface area contributed by atoms with Crippen LogP contribution in [0, 0.1) is 0 Å². The van der Waals surface area contributed by atoms with Gasteiger partial charge in [-0.25, -0.2) is 0 Å². The summed E-state index contributed by atoms with van der Waals surface area (Å²) in [6.45, 7) is 3.99. The molecule has 0 aromatic heterocycles. The maximum absolute atomic E-state index is 11.3. The quantitative estimate of drug-likeness (QED) is 0.132. The molecule has 0 fully saturated rings. The summed E-state index contributed by atoms with van der Waals surface area (Å²) < 4.78 is 31.8. The molecule has 10 heteroatoms. The fraction of sp³-hybridized carbons (Fsp3) is 0.750. The van der Waals surface area contributed by atoms with Crippen molar-refractivity contribution in [1.29, 1.82) is 0 Å². The molecular formula is C24H48MgNNaO6S. The number of aliphatic hydroxyl groups excluding tert-OH is 3. The van der Waals surface area contributed by atoms with Gasteiger partial charge in [-0.1, -0.05) is 82.9 Å². The summed E-state index contributed by atoms with van der Waals surface area (Å²) in [6.07, 6.45) is 13.3. The SMILES string of the molecule is CCCCCCCCCCCCc1ccccc1S(=O)(=O)O.OCCN(CCO)CCO.[MgH2].[NaH]. The molecule has 1 aromatic carbocycles. The molecule has 0 aliphatic heterocycles. The number of benzene rings is 1. The molecule has 7 nitrogen and oxygen atoms in total. The first-order valence-electron chi connectivity index (χ1n) is 12.0. The monoisotopic (exact) mass is 525 g/mol. The molecule has 34 heavy (non-hydrogen) atoms. The third-order valence-corrected chi connectivity index (χ3v) is 6.25. The molecule has 0 saturated heterocycles. The van der Waals surface area contributed by atoms with E-state index in [0.29, 0.717) is 26.1 Å². The molecule has 0 aliphatic carbocycles. The van der Waals surface area contributed by atoms with Crippen LogP contribution in [0.4, 0.5) is 0 Å². The van der Waals surface area contributed by atoms with Crippen molar-refractivity contribution in [3.8, 4) is 0 Å². The minimum atomic E-state index is -4.10. The molecule has 0 saturated carbocycles. The van der Waals surface area contributed by atoms with E-state index in [0.717, 1.165) is 18.4 Å². The van der Waals surface area contributed by atoms with Crippen molar-refractivity contribution in [1.82, 2.24) is 4.90 Å². The van der Waals surface area contributed by atoms with Crippen LogP contribution >= 0.6 is 0 Å². The third-order valence-electron chi connectivity index (χ3n) is 5.30. The molecule has 0 aliphatic rings. The van der Waals surface area contributed by atoms with E-state index in [1.165, 1.54) is 57.4 Å². The molecule has 0 bridgehead atoms. The van der Waals surface area contributed by atoms with Gasteiger partial charge in [-0.3, -0.25) is 9.45 Å². The van der Waals surface area contributed by atoms with Crippen LogP contribution in [0.3, 0.4) is 0 Å². The maximum atomic E-state index is 11.3. The Hall–Kier alpha value is 0.736. The Morgan fingerprint density at radius 2 is 1.15 bits per heavy atom. The number of aryl methyl sites for hydroxylation is 1. The zero-order valence-corrected chi connectivity index (χ0v) is 20.6. The molecule has 0 amide bonds. The van der Waals surface area contributed by atoms with Gasteiger partial charge in [0.25, 0.3) is 10.1 Å². The Bertz CT molecular complexity index is 652. The molecule has 0 radical (unpaired) electrons. The number of hydrogen-bond acceptors (Lipinski definition) is 6. The van der Waals surface area contributed by atoms with Crippen LogP contribution in [-0.4, -0.2) is 125 Å². The molecule has 0 heterocycles. The molecule has 0 atom stereocenters. The van der Waals surface area contributed by atoms with Crippen LogP contribution < -0.4 is 0 Å². The normalized spacial score (nSPS) is 10.8. The van der Waals surface area contributed by atoms with Crippen molar-refractivity contribution < 1.29 is 28.3 Å². The van der Waals surface area contributed by atoms with Crippen molar-refractivity contribution >= 4 is 62.7 Å². The fourth-order valence-corrected chi connectivity index (χ4v) is 4.28. The van der Waals surface area contributed by atoms with E-state index in [1.807, 2.05) is 6.07 Å². The van der Waals surface area contributed by atoms with Gasteiger partial charge in [-0.05, 0) is 24.5 Å². The average Bonchev–Trinajstić information content (AvgIpc) is 2.76. The zero-order valence-electron chi connectivity index (χ0n) is 19.8. The van der Waals surface area contributed by atoms with Crippen molar-refractivity contribution in [3.05, 3.63) is 29.8 Å². The molecule has 1 aromatic rings. The summed E-state index contributed by atoms with van der Waals surface area (Å²) in [7, 11) is -4.10. The van der Waals surface area contributed by atoms with Crippen LogP contribution in [0.5, 0.6) is 0 Å². The van der Waals surface area contributed by atoms with E-state index in [-0.39, 0.29) is 77.3 Å². The number of aliphatic hydroxyl groups is 3. The first-order chi connectivity index (χ1) is 15.4. The van der Waals surface area contributed by atoms with Crippen molar-refractivity contribution in [2.75, 3.05) is 39.5 Å². The molecule has 0 spiro atoms. The minimum absolute atomic E-state index is 0. The summed E-state index contributed by atoms with van der Waals surface area (Å²) in [5.74, 6) is 0. The van der Waals surface area contributed by atoms with E-state index >= 15 is 0 Å². The predicted molar refractivity (Wildman–Crippen MR) is 145 cm³/mol. The number of nitrogens with zero attached hydrogens (tertiary/aromatic N) is 1. The van der Waals surface area contributed by atoms with Crippen LogP contribution in [-0.2, 0) is 16.5 Å². The third kappa shape index (κ3) is 22.0. The number of rotatable bonds is 18. The standard InChI is InChI=1S/C18H30O3S.C6H15NO3.Mg.Na.3H/c1-2-3-4-5-6-7-8-9-10-11-14-17-15-12-13-16-18(17)22(19,20)21;8-4-1-7(2-5-9)3-6-10;;;;;/h12-13,15-16H,2-11,14H2,1H3,(H,19,20,21);8-10H,1-6H2;;;;;. The second-order valence-corrected chi connectivity index (χ2v) is 9.42. The van der Waals surface area contributed by atoms with E-state index in [9.17, 15) is 13.0 Å². The van der Waals surface area contributed by atoms with Crippen LogP contribution in [0.15, 0.2) is 29.2 Å². The summed E-state index contributed by atoms with van der Waals surface area (Å²) in [5.41, 5.74) is 0.726. The summed E-state index contributed by atoms with van der Waals surface area (Å²) in [4.78, 5) is 1.85. The molecule has 194 valence electrons. The van der Waals surface area contributed by atoms with Gasteiger partial charge in [0.1, 0.15) is 0 Å². The van der Waals surface area contributed by atoms with Gasteiger partial charge in [0.05, 0.1) is 24.7 Å². The molecular weight excluding hydrogens is 478 g/mol.